The highest BCUT2D eigenvalue weighted by Crippen LogP contribution is 2.48. The molecule has 1 atom stereocenters. The van der Waals surface area contributed by atoms with Gasteiger partial charge in [0, 0.05) is 11.3 Å². The molecule has 1 saturated carbocycles. The zero-order chi connectivity index (χ0) is 15.1. The summed E-state index contributed by atoms with van der Waals surface area (Å²) in [6.07, 6.45) is 4.33. The van der Waals surface area contributed by atoms with Gasteiger partial charge in [0.15, 0.2) is 0 Å². The summed E-state index contributed by atoms with van der Waals surface area (Å²) in [5.74, 6) is -0.0912. The largest absolute Gasteiger partial charge is 0.337 e. The quantitative estimate of drug-likeness (QED) is 0.922. The summed E-state index contributed by atoms with van der Waals surface area (Å²) in [4.78, 5) is 26.7. The molecule has 21 heavy (non-hydrogen) atoms. The van der Waals surface area contributed by atoms with Gasteiger partial charge in [-0.3, -0.25) is 9.59 Å². The summed E-state index contributed by atoms with van der Waals surface area (Å²) in [5, 5.41) is 2.88. The van der Waals surface area contributed by atoms with E-state index in [1.54, 1.807) is 23.6 Å². The molecule has 1 heterocycles. The van der Waals surface area contributed by atoms with Crippen molar-refractivity contribution in [2.45, 2.75) is 30.1 Å². The van der Waals surface area contributed by atoms with E-state index in [9.17, 15) is 9.59 Å². The molecule has 0 spiro atoms. The molecule has 1 saturated heterocycles. The summed E-state index contributed by atoms with van der Waals surface area (Å²) in [5.41, 5.74) is -0.118. The van der Waals surface area contributed by atoms with Gasteiger partial charge in [0.05, 0.1) is 6.54 Å². The molecule has 5 heteroatoms. The van der Waals surface area contributed by atoms with Gasteiger partial charge in [0.2, 0.25) is 5.91 Å². The number of carbonyl (C=O) groups is 2. The number of carbonyl (C=O) groups excluding carboxylic acids is 2. The molecule has 1 aliphatic carbocycles. The van der Waals surface area contributed by atoms with Crippen molar-refractivity contribution in [1.29, 1.82) is 0 Å². The van der Waals surface area contributed by atoms with Crippen LogP contribution in [-0.2, 0) is 15.1 Å². The van der Waals surface area contributed by atoms with Gasteiger partial charge in [0.25, 0.3) is 5.91 Å². The number of thioether (sulfide) groups is 1. The second-order valence-corrected chi connectivity index (χ2v) is 7.36. The van der Waals surface area contributed by atoms with Crippen LogP contribution in [0.25, 0.3) is 0 Å². The predicted molar refractivity (Wildman–Crippen MR) is 84.0 cm³/mol. The Balaban J connectivity index is 1.88. The van der Waals surface area contributed by atoms with Gasteiger partial charge < -0.3 is 10.2 Å². The molecule has 2 aliphatic rings. The van der Waals surface area contributed by atoms with Gasteiger partial charge in [-0.2, -0.15) is 11.8 Å². The molecule has 0 aromatic heterocycles. The molecular weight excluding hydrogens is 284 g/mol. The minimum atomic E-state index is -0.953. The van der Waals surface area contributed by atoms with Crippen molar-refractivity contribution < 1.29 is 9.59 Å². The number of hydrogen-bond acceptors (Lipinski definition) is 3. The second-order valence-electron chi connectivity index (χ2n) is 6.09. The van der Waals surface area contributed by atoms with E-state index in [-0.39, 0.29) is 23.1 Å². The van der Waals surface area contributed by atoms with E-state index in [4.69, 9.17) is 0 Å². The minimum absolute atomic E-state index is 0.00590. The molecule has 3 rings (SSSR count). The van der Waals surface area contributed by atoms with E-state index in [1.165, 1.54) is 0 Å². The lowest BCUT2D eigenvalue weighted by atomic mass is 9.88. The number of nitrogens with zero attached hydrogens (tertiary/aromatic N) is 1. The molecule has 0 radical (unpaired) electrons. The Morgan fingerprint density at radius 2 is 1.90 bits per heavy atom. The SMILES string of the molecule is CSC1(CN2CC(=O)NC(C)(c3ccccc3)C2=O)CC1. The highest BCUT2D eigenvalue weighted by Gasteiger charge is 2.50. The van der Waals surface area contributed by atoms with Crippen LogP contribution in [0.1, 0.15) is 25.3 Å². The van der Waals surface area contributed by atoms with Crippen LogP contribution in [0.4, 0.5) is 0 Å². The fourth-order valence-corrected chi connectivity index (χ4v) is 3.74. The van der Waals surface area contributed by atoms with Crippen molar-refractivity contribution >= 4 is 23.6 Å². The summed E-state index contributed by atoms with van der Waals surface area (Å²) >= 11 is 1.81. The number of piperazine rings is 1. The molecule has 1 N–H and O–H groups in total. The summed E-state index contributed by atoms with van der Waals surface area (Å²) < 4.78 is 0.172. The molecule has 112 valence electrons. The molecule has 2 amide bonds. The summed E-state index contributed by atoms with van der Waals surface area (Å²) in [7, 11) is 0. The van der Waals surface area contributed by atoms with Crippen molar-refractivity contribution in [3.05, 3.63) is 35.9 Å². The highest BCUT2D eigenvalue weighted by molar-refractivity contribution is 8.00. The van der Waals surface area contributed by atoms with Gasteiger partial charge in [-0.05, 0) is 31.6 Å². The smallest absolute Gasteiger partial charge is 0.253 e. The van der Waals surface area contributed by atoms with E-state index in [1.807, 2.05) is 30.3 Å². The fraction of sp³-hybridized carbons (Fsp3) is 0.500. The first-order valence-electron chi connectivity index (χ1n) is 7.20. The van der Waals surface area contributed by atoms with Crippen LogP contribution >= 0.6 is 11.8 Å². The molecule has 1 aliphatic heterocycles. The summed E-state index contributed by atoms with van der Waals surface area (Å²) in [6, 6.07) is 9.48. The standard InChI is InChI=1S/C16H20N2O2S/c1-15(12-6-4-3-5-7-12)14(20)18(10-13(19)17-15)11-16(21-2)8-9-16/h3-7H,8-11H2,1-2H3,(H,17,19). The minimum Gasteiger partial charge on any atom is -0.337 e. The van der Waals surface area contributed by atoms with Crippen LogP contribution in [0.15, 0.2) is 30.3 Å². The van der Waals surface area contributed by atoms with Gasteiger partial charge >= 0.3 is 0 Å². The fourth-order valence-electron chi connectivity index (χ4n) is 2.94. The molecule has 1 unspecified atom stereocenters. The Kier molecular flexibility index (Phi) is 3.48. The molecule has 1 aromatic rings. The lowest BCUT2D eigenvalue weighted by Crippen LogP contribution is -2.64. The van der Waals surface area contributed by atoms with Gasteiger partial charge in [0.1, 0.15) is 5.54 Å². The van der Waals surface area contributed by atoms with E-state index >= 15 is 0 Å². The predicted octanol–water partition coefficient (Wildman–Crippen LogP) is 1.76. The number of nitrogens with one attached hydrogen (secondary N) is 1. The monoisotopic (exact) mass is 304 g/mol. The Hall–Kier alpha value is -1.49. The maximum Gasteiger partial charge on any atom is 0.253 e. The maximum absolute atomic E-state index is 12.9. The molecule has 4 nitrogen and oxygen atoms in total. The lowest BCUT2D eigenvalue weighted by molar-refractivity contribution is -0.149. The van der Waals surface area contributed by atoms with Gasteiger partial charge in [-0.1, -0.05) is 30.3 Å². The first kappa shape index (κ1) is 14.4. The molecule has 2 fully saturated rings. The number of amides is 2. The zero-order valence-electron chi connectivity index (χ0n) is 12.4. The Bertz CT molecular complexity index is 571. The normalized spacial score (nSPS) is 27.4. The first-order valence-corrected chi connectivity index (χ1v) is 8.43. The number of hydrogen-bond donors (Lipinski definition) is 1. The van der Waals surface area contributed by atoms with E-state index in [0.29, 0.717) is 6.54 Å². The van der Waals surface area contributed by atoms with Crippen molar-refractivity contribution in [3.63, 3.8) is 0 Å². The zero-order valence-corrected chi connectivity index (χ0v) is 13.2. The van der Waals surface area contributed by atoms with Crippen LogP contribution < -0.4 is 5.32 Å². The average molecular weight is 304 g/mol. The third kappa shape index (κ3) is 2.55. The average Bonchev–Trinajstić information content (AvgIpc) is 3.25. The van der Waals surface area contributed by atoms with Crippen molar-refractivity contribution in [2.75, 3.05) is 19.3 Å². The van der Waals surface area contributed by atoms with Crippen LogP contribution in [0.5, 0.6) is 0 Å². The Morgan fingerprint density at radius 3 is 2.48 bits per heavy atom. The third-order valence-electron chi connectivity index (χ3n) is 4.51. The van der Waals surface area contributed by atoms with Gasteiger partial charge in [-0.15, -0.1) is 0 Å². The Labute approximate surface area is 129 Å². The Morgan fingerprint density at radius 1 is 1.24 bits per heavy atom. The topological polar surface area (TPSA) is 49.4 Å². The van der Waals surface area contributed by atoms with Crippen LogP contribution in [0, 0.1) is 0 Å². The second kappa shape index (κ2) is 5.05. The van der Waals surface area contributed by atoms with Gasteiger partial charge in [-0.25, -0.2) is 0 Å². The van der Waals surface area contributed by atoms with Crippen molar-refractivity contribution in [2.24, 2.45) is 0 Å². The van der Waals surface area contributed by atoms with Crippen molar-refractivity contribution in [3.8, 4) is 0 Å². The van der Waals surface area contributed by atoms with Crippen LogP contribution in [0.2, 0.25) is 0 Å². The molecule has 1 aromatic carbocycles. The third-order valence-corrected chi connectivity index (χ3v) is 5.91. The first-order chi connectivity index (χ1) is 9.99. The number of benzene rings is 1. The highest BCUT2D eigenvalue weighted by atomic mass is 32.2. The van der Waals surface area contributed by atoms with E-state index in [2.05, 4.69) is 11.6 Å². The summed E-state index contributed by atoms with van der Waals surface area (Å²) in [6.45, 7) is 2.64. The van der Waals surface area contributed by atoms with Crippen molar-refractivity contribution in [1.82, 2.24) is 10.2 Å². The van der Waals surface area contributed by atoms with E-state index < -0.39 is 5.54 Å². The number of rotatable bonds is 4. The lowest BCUT2D eigenvalue weighted by Gasteiger charge is -2.41. The maximum atomic E-state index is 12.9. The van der Waals surface area contributed by atoms with E-state index in [0.717, 1.165) is 18.4 Å². The molecule has 0 bridgehead atoms. The molecular formula is C16H20N2O2S. The van der Waals surface area contributed by atoms with Crippen LogP contribution in [0.3, 0.4) is 0 Å². The van der Waals surface area contributed by atoms with Crippen LogP contribution in [-0.4, -0.2) is 40.8 Å².